The molecule has 0 aliphatic heterocycles. The van der Waals surface area contributed by atoms with Crippen molar-refractivity contribution in [1.29, 1.82) is 0 Å². The van der Waals surface area contributed by atoms with E-state index >= 15 is 0 Å². The van der Waals surface area contributed by atoms with Crippen molar-refractivity contribution in [3.8, 4) is 0 Å². The maximum atomic E-state index is 12.4. The Bertz CT molecular complexity index is 547. The number of aromatic nitrogens is 1. The third kappa shape index (κ3) is 6.47. The molecule has 1 aromatic heterocycles. The Morgan fingerprint density at radius 3 is 2.43 bits per heavy atom. The second kappa shape index (κ2) is 8.19. The van der Waals surface area contributed by atoms with Crippen molar-refractivity contribution in [2.24, 2.45) is 0 Å². The molecule has 0 radical (unpaired) electrons. The summed E-state index contributed by atoms with van der Waals surface area (Å²) in [7, 11) is 0. The van der Waals surface area contributed by atoms with Gasteiger partial charge in [-0.25, -0.2) is 4.98 Å². The van der Waals surface area contributed by atoms with Crippen molar-refractivity contribution in [1.82, 2.24) is 9.88 Å². The Balaban J connectivity index is 2.61. The number of alkyl halides is 3. The molecule has 23 heavy (non-hydrogen) atoms. The minimum Gasteiger partial charge on any atom is -0.481 e. The molecule has 9 heteroatoms. The number of carboxylic acids is 1. The first-order valence-corrected chi connectivity index (χ1v) is 7.77. The van der Waals surface area contributed by atoms with Crippen LogP contribution in [0, 0.1) is 0 Å². The van der Waals surface area contributed by atoms with E-state index in [1.807, 2.05) is 0 Å². The summed E-state index contributed by atoms with van der Waals surface area (Å²) in [6.07, 6.45) is -3.89. The van der Waals surface area contributed by atoms with Gasteiger partial charge in [0, 0.05) is 18.8 Å². The lowest BCUT2D eigenvalue weighted by Crippen LogP contribution is -2.39. The molecule has 0 saturated carbocycles. The fourth-order valence-electron chi connectivity index (χ4n) is 1.74. The van der Waals surface area contributed by atoms with Gasteiger partial charge in [-0.3, -0.25) is 9.59 Å². The Morgan fingerprint density at radius 2 is 2.00 bits per heavy atom. The molecule has 0 bridgehead atoms. The molecule has 1 amide bonds. The number of nitrogens with zero attached hydrogens (tertiary/aromatic N) is 2. The first-order valence-electron chi connectivity index (χ1n) is 6.78. The van der Waals surface area contributed by atoms with Crippen LogP contribution in [0.5, 0.6) is 0 Å². The summed E-state index contributed by atoms with van der Waals surface area (Å²) in [4.78, 5) is 27.8. The first-order chi connectivity index (χ1) is 10.6. The highest BCUT2D eigenvalue weighted by Crippen LogP contribution is 2.29. The molecule has 0 aliphatic rings. The number of hydrogen-bond acceptors (Lipinski definition) is 4. The van der Waals surface area contributed by atoms with Crippen molar-refractivity contribution in [2.45, 2.75) is 37.5 Å². The molecule has 0 fully saturated rings. The molecule has 0 aliphatic carbocycles. The van der Waals surface area contributed by atoms with Crippen LogP contribution >= 0.6 is 11.8 Å². The highest BCUT2D eigenvalue weighted by molar-refractivity contribution is 7.99. The zero-order chi connectivity index (χ0) is 17.6. The van der Waals surface area contributed by atoms with Crippen LogP contribution in [0.1, 0.15) is 25.8 Å². The second-order valence-corrected chi connectivity index (χ2v) is 5.99. The largest absolute Gasteiger partial charge is 0.481 e. The summed E-state index contributed by atoms with van der Waals surface area (Å²) in [5, 5.41) is 8.98. The average molecular weight is 350 g/mol. The van der Waals surface area contributed by atoms with E-state index in [0.29, 0.717) is 5.03 Å². The molecule has 0 aromatic carbocycles. The van der Waals surface area contributed by atoms with Crippen LogP contribution in [-0.4, -0.2) is 45.2 Å². The molecule has 0 unspecified atom stereocenters. The summed E-state index contributed by atoms with van der Waals surface area (Å²) >= 11 is 1.01. The molecule has 1 aromatic rings. The van der Waals surface area contributed by atoms with Crippen LogP contribution < -0.4 is 0 Å². The van der Waals surface area contributed by atoms with Crippen LogP contribution in [0.2, 0.25) is 0 Å². The maximum Gasteiger partial charge on any atom is 0.417 e. The summed E-state index contributed by atoms with van der Waals surface area (Å²) in [6.45, 7) is 3.62. The van der Waals surface area contributed by atoms with Gasteiger partial charge in [-0.2, -0.15) is 13.2 Å². The van der Waals surface area contributed by atoms with E-state index in [0.717, 1.165) is 24.0 Å². The summed E-state index contributed by atoms with van der Waals surface area (Å²) in [6, 6.07) is 1.95. The molecular formula is C14H17F3N2O3S. The summed E-state index contributed by atoms with van der Waals surface area (Å²) < 4.78 is 37.3. The lowest BCUT2D eigenvalue weighted by atomic mass is 10.3. The number of pyridine rings is 1. The minimum atomic E-state index is -4.45. The smallest absolute Gasteiger partial charge is 0.417 e. The van der Waals surface area contributed by atoms with E-state index in [-0.39, 0.29) is 30.7 Å². The standard InChI is InChI=1S/C14H17F3N2O3S/c1-9(2)19(6-5-13(21)22)12(20)8-23-11-4-3-10(7-18-11)14(15,16)17/h3-4,7,9H,5-6,8H2,1-2H3,(H,21,22). The lowest BCUT2D eigenvalue weighted by molar-refractivity contribution is -0.139. The van der Waals surface area contributed by atoms with Crippen molar-refractivity contribution < 1.29 is 27.9 Å². The van der Waals surface area contributed by atoms with E-state index in [1.165, 1.54) is 11.0 Å². The maximum absolute atomic E-state index is 12.4. The van der Waals surface area contributed by atoms with Crippen LogP contribution in [-0.2, 0) is 15.8 Å². The van der Waals surface area contributed by atoms with Gasteiger partial charge in [-0.05, 0) is 26.0 Å². The number of amides is 1. The highest BCUT2D eigenvalue weighted by Gasteiger charge is 2.30. The molecule has 0 saturated heterocycles. The van der Waals surface area contributed by atoms with Gasteiger partial charge < -0.3 is 10.0 Å². The van der Waals surface area contributed by atoms with Crippen molar-refractivity contribution in [3.05, 3.63) is 23.9 Å². The van der Waals surface area contributed by atoms with Gasteiger partial charge in [0.2, 0.25) is 5.91 Å². The van der Waals surface area contributed by atoms with Gasteiger partial charge >= 0.3 is 12.1 Å². The third-order valence-corrected chi connectivity index (χ3v) is 3.85. The van der Waals surface area contributed by atoms with Gasteiger partial charge in [-0.1, -0.05) is 11.8 Å². The SMILES string of the molecule is CC(C)N(CCC(=O)O)C(=O)CSc1ccc(C(F)(F)F)cn1. The molecule has 1 N–H and O–H groups in total. The number of halogens is 3. The van der Waals surface area contributed by atoms with Crippen LogP contribution in [0.25, 0.3) is 0 Å². The molecule has 0 spiro atoms. The quantitative estimate of drug-likeness (QED) is 0.766. The zero-order valence-corrected chi connectivity index (χ0v) is 13.4. The van der Waals surface area contributed by atoms with Gasteiger partial charge in [0.1, 0.15) is 0 Å². The number of aliphatic carboxylic acids is 1. The van der Waals surface area contributed by atoms with Crippen LogP contribution in [0.3, 0.4) is 0 Å². The number of thioether (sulfide) groups is 1. The highest BCUT2D eigenvalue weighted by atomic mass is 32.2. The summed E-state index contributed by atoms with van der Waals surface area (Å²) in [5.74, 6) is -1.30. The normalized spacial score (nSPS) is 11.6. The number of carboxylic acid groups (broad SMARTS) is 1. The van der Waals surface area contributed by atoms with Gasteiger partial charge in [0.05, 0.1) is 22.8 Å². The predicted octanol–water partition coefficient (Wildman–Crippen LogP) is 2.90. The zero-order valence-electron chi connectivity index (χ0n) is 12.6. The molecule has 0 atom stereocenters. The Morgan fingerprint density at radius 1 is 1.35 bits per heavy atom. The Kier molecular flexibility index (Phi) is 6.86. The molecule has 1 rings (SSSR count). The number of hydrogen-bond donors (Lipinski definition) is 1. The molecular weight excluding hydrogens is 333 g/mol. The topological polar surface area (TPSA) is 70.5 Å². The van der Waals surface area contributed by atoms with Gasteiger partial charge in [0.25, 0.3) is 0 Å². The fraction of sp³-hybridized carbons (Fsp3) is 0.500. The lowest BCUT2D eigenvalue weighted by Gasteiger charge is -2.26. The van der Waals surface area contributed by atoms with Gasteiger partial charge in [-0.15, -0.1) is 0 Å². The van der Waals surface area contributed by atoms with Crippen molar-refractivity contribution in [2.75, 3.05) is 12.3 Å². The summed E-state index contributed by atoms with van der Waals surface area (Å²) in [5.41, 5.74) is -0.849. The molecule has 1 heterocycles. The average Bonchev–Trinajstić information content (AvgIpc) is 2.44. The Hall–Kier alpha value is -1.77. The van der Waals surface area contributed by atoms with E-state index < -0.39 is 17.7 Å². The van der Waals surface area contributed by atoms with E-state index in [2.05, 4.69) is 4.98 Å². The monoisotopic (exact) mass is 350 g/mol. The number of carbonyl (C=O) groups excluding carboxylic acids is 1. The van der Waals surface area contributed by atoms with Crippen molar-refractivity contribution >= 4 is 23.6 Å². The fourth-order valence-corrected chi connectivity index (χ4v) is 2.47. The number of carbonyl (C=O) groups is 2. The van der Waals surface area contributed by atoms with Crippen molar-refractivity contribution in [3.63, 3.8) is 0 Å². The molecule has 5 nitrogen and oxygen atoms in total. The first kappa shape index (κ1) is 19.3. The van der Waals surface area contributed by atoms with E-state index in [9.17, 15) is 22.8 Å². The van der Waals surface area contributed by atoms with E-state index in [4.69, 9.17) is 5.11 Å². The number of rotatable bonds is 7. The predicted molar refractivity (Wildman–Crippen MR) is 79.1 cm³/mol. The second-order valence-electron chi connectivity index (χ2n) is 5.00. The van der Waals surface area contributed by atoms with Gasteiger partial charge in [0.15, 0.2) is 0 Å². The van der Waals surface area contributed by atoms with Crippen LogP contribution in [0.4, 0.5) is 13.2 Å². The Labute approximate surface area is 135 Å². The van der Waals surface area contributed by atoms with E-state index in [1.54, 1.807) is 13.8 Å². The third-order valence-electron chi connectivity index (χ3n) is 2.92. The molecule has 128 valence electrons. The van der Waals surface area contributed by atoms with Crippen LogP contribution in [0.15, 0.2) is 23.4 Å². The minimum absolute atomic E-state index is 0.0177.